The molecular weight excluding hydrogens is 438 g/mol. The van der Waals surface area contributed by atoms with E-state index in [4.69, 9.17) is 4.74 Å². The molecular formula is C24H29N5O3S. The number of hydrogen-bond donors (Lipinski definition) is 1. The minimum absolute atomic E-state index is 0.169. The third kappa shape index (κ3) is 6.13. The lowest BCUT2D eigenvalue weighted by atomic mass is 10.2. The zero-order valence-corrected chi connectivity index (χ0v) is 20.2. The largest absolute Gasteiger partial charge is 0.462 e. The number of esters is 1. The van der Waals surface area contributed by atoms with Crippen LogP contribution >= 0.6 is 11.8 Å². The Morgan fingerprint density at radius 2 is 1.67 bits per heavy atom. The first-order valence-corrected chi connectivity index (χ1v) is 11.9. The Balaban J connectivity index is 1.58. The molecule has 0 aliphatic rings. The summed E-state index contributed by atoms with van der Waals surface area (Å²) in [6.07, 6.45) is 0. The highest BCUT2D eigenvalue weighted by atomic mass is 32.2. The third-order valence-electron chi connectivity index (χ3n) is 5.10. The first-order valence-electron chi connectivity index (χ1n) is 10.9. The highest BCUT2D eigenvalue weighted by Gasteiger charge is 2.14. The Labute approximate surface area is 198 Å². The molecule has 2 aromatic carbocycles. The lowest BCUT2D eigenvalue weighted by molar-refractivity contribution is -0.113. The highest BCUT2D eigenvalue weighted by molar-refractivity contribution is 7.99. The summed E-state index contributed by atoms with van der Waals surface area (Å²) in [5, 5.41) is 12.0. The van der Waals surface area contributed by atoms with E-state index in [2.05, 4.69) is 46.4 Å². The fourth-order valence-corrected chi connectivity index (χ4v) is 4.04. The second-order valence-electron chi connectivity index (χ2n) is 7.22. The van der Waals surface area contributed by atoms with Crippen LogP contribution in [-0.2, 0) is 16.6 Å². The summed E-state index contributed by atoms with van der Waals surface area (Å²) in [7, 11) is 1.89. The van der Waals surface area contributed by atoms with Gasteiger partial charge in [-0.05, 0) is 69.3 Å². The molecule has 0 saturated heterocycles. The van der Waals surface area contributed by atoms with Crippen molar-refractivity contribution in [1.82, 2.24) is 14.8 Å². The van der Waals surface area contributed by atoms with Crippen molar-refractivity contribution in [3.63, 3.8) is 0 Å². The summed E-state index contributed by atoms with van der Waals surface area (Å²) in [6, 6.07) is 14.9. The molecule has 9 heteroatoms. The summed E-state index contributed by atoms with van der Waals surface area (Å²) in [5.74, 6) is 0.384. The van der Waals surface area contributed by atoms with Crippen molar-refractivity contribution in [3.05, 3.63) is 54.1 Å². The number of thioether (sulfide) groups is 1. The van der Waals surface area contributed by atoms with Gasteiger partial charge in [0, 0.05) is 37.1 Å². The van der Waals surface area contributed by atoms with Gasteiger partial charge in [0.15, 0.2) is 11.0 Å². The topological polar surface area (TPSA) is 89.3 Å². The van der Waals surface area contributed by atoms with E-state index in [0.29, 0.717) is 23.0 Å². The molecule has 0 spiro atoms. The van der Waals surface area contributed by atoms with Crippen LogP contribution in [-0.4, -0.2) is 52.1 Å². The van der Waals surface area contributed by atoms with Crippen molar-refractivity contribution >= 4 is 35.0 Å². The number of nitrogens with zero attached hydrogens (tertiary/aromatic N) is 4. The fraction of sp³-hybridized carbons (Fsp3) is 0.333. The standard InChI is InChI=1S/C24H29N5O3S/c1-5-29(6-2)20-14-10-17(11-15-20)22-26-27-24(28(22)4)33-16-21(30)25-19-12-8-18(9-13-19)23(31)32-7-3/h8-15H,5-7,16H2,1-4H3,(H,25,30). The molecule has 3 rings (SSSR count). The van der Waals surface area contributed by atoms with Gasteiger partial charge in [-0.25, -0.2) is 4.79 Å². The van der Waals surface area contributed by atoms with Crippen LogP contribution in [0.3, 0.4) is 0 Å². The van der Waals surface area contributed by atoms with Gasteiger partial charge in [0.2, 0.25) is 5.91 Å². The van der Waals surface area contributed by atoms with Crippen LogP contribution in [0.2, 0.25) is 0 Å². The molecule has 0 aliphatic heterocycles. The number of benzene rings is 2. The first-order chi connectivity index (χ1) is 16.0. The van der Waals surface area contributed by atoms with Gasteiger partial charge in [-0.3, -0.25) is 4.79 Å². The number of carbonyl (C=O) groups excluding carboxylic acids is 2. The molecule has 0 aliphatic carbocycles. The molecule has 1 amide bonds. The van der Waals surface area contributed by atoms with Gasteiger partial charge in [0.1, 0.15) is 0 Å². The Morgan fingerprint density at radius 3 is 2.27 bits per heavy atom. The SMILES string of the molecule is CCOC(=O)c1ccc(NC(=O)CSc2nnc(-c3ccc(N(CC)CC)cc3)n2C)cc1. The third-order valence-corrected chi connectivity index (χ3v) is 6.12. The van der Waals surface area contributed by atoms with E-state index in [1.165, 1.54) is 17.4 Å². The molecule has 1 aromatic heterocycles. The van der Waals surface area contributed by atoms with Gasteiger partial charge in [-0.1, -0.05) is 11.8 Å². The van der Waals surface area contributed by atoms with Gasteiger partial charge in [-0.15, -0.1) is 10.2 Å². The van der Waals surface area contributed by atoms with Gasteiger partial charge >= 0.3 is 5.97 Å². The van der Waals surface area contributed by atoms with Crippen LogP contribution < -0.4 is 10.2 Å². The molecule has 33 heavy (non-hydrogen) atoms. The average Bonchev–Trinajstić information content (AvgIpc) is 3.20. The molecule has 3 aromatic rings. The Hall–Kier alpha value is -3.33. The monoisotopic (exact) mass is 467 g/mol. The van der Waals surface area contributed by atoms with Crippen LogP contribution in [0.5, 0.6) is 0 Å². The maximum Gasteiger partial charge on any atom is 0.338 e. The zero-order valence-electron chi connectivity index (χ0n) is 19.4. The molecule has 0 unspecified atom stereocenters. The number of rotatable bonds is 10. The predicted octanol–water partition coefficient (Wildman–Crippen LogP) is 4.24. The molecule has 1 N–H and O–H groups in total. The van der Waals surface area contributed by atoms with E-state index in [1.54, 1.807) is 31.2 Å². The average molecular weight is 468 g/mol. The van der Waals surface area contributed by atoms with E-state index in [9.17, 15) is 9.59 Å². The van der Waals surface area contributed by atoms with E-state index in [0.717, 1.165) is 24.5 Å². The number of amides is 1. The number of ether oxygens (including phenoxy) is 1. The van der Waals surface area contributed by atoms with Crippen LogP contribution in [0.1, 0.15) is 31.1 Å². The molecule has 0 radical (unpaired) electrons. The summed E-state index contributed by atoms with van der Waals surface area (Å²) in [6.45, 7) is 8.26. The number of aromatic nitrogens is 3. The zero-order chi connectivity index (χ0) is 23.8. The van der Waals surface area contributed by atoms with Crippen molar-refractivity contribution in [1.29, 1.82) is 0 Å². The Kier molecular flexibility index (Phi) is 8.48. The smallest absolute Gasteiger partial charge is 0.338 e. The lowest BCUT2D eigenvalue weighted by Gasteiger charge is -2.21. The fourth-order valence-electron chi connectivity index (χ4n) is 3.33. The summed E-state index contributed by atoms with van der Waals surface area (Å²) in [4.78, 5) is 26.4. The second-order valence-corrected chi connectivity index (χ2v) is 8.16. The van der Waals surface area contributed by atoms with Crippen LogP contribution in [0.4, 0.5) is 11.4 Å². The Morgan fingerprint density at radius 1 is 1.00 bits per heavy atom. The summed E-state index contributed by atoms with van der Waals surface area (Å²) in [5.41, 5.74) is 3.20. The molecule has 8 nitrogen and oxygen atoms in total. The normalized spacial score (nSPS) is 10.7. The number of hydrogen-bond acceptors (Lipinski definition) is 7. The van der Waals surface area contributed by atoms with E-state index in [-0.39, 0.29) is 17.6 Å². The van der Waals surface area contributed by atoms with Crippen molar-refractivity contribution in [3.8, 4) is 11.4 Å². The lowest BCUT2D eigenvalue weighted by Crippen LogP contribution is -2.21. The minimum atomic E-state index is -0.383. The molecule has 0 saturated carbocycles. The molecule has 1 heterocycles. The molecule has 0 fully saturated rings. The van der Waals surface area contributed by atoms with E-state index in [1.807, 2.05) is 23.7 Å². The van der Waals surface area contributed by atoms with Crippen molar-refractivity contribution in [2.45, 2.75) is 25.9 Å². The maximum absolute atomic E-state index is 12.4. The van der Waals surface area contributed by atoms with Gasteiger partial charge < -0.3 is 19.5 Å². The minimum Gasteiger partial charge on any atom is -0.462 e. The van der Waals surface area contributed by atoms with E-state index < -0.39 is 0 Å². The van der Waals surface area contributed by atoms with E-state index >= 15 is 0 Å². The molecule has 174 valence electrons. The number of carbonyl (C=O) groups is 2. The van der Waals surface area contributed by atoms with Crippen LogP contribution in [0.15, 0.2) is 53.7 Å². The number of anilines is 2. The molecule has 0 atom stereocenters. The van der Waals surface area contributed by atoms with Crippen molar-refractivity contribution in [2.75, 3.05) is 35.7 Å². The Bertz CT molecular complexity index is 1080. The second kappa shape index (κ2) is 11.5. The van der Waals surface area contributed by atoms with Crippen molar-refractivity contribution < 1.29 is 14.3 Å². The maximum atomic E-state index is 12.4. The molecule has 0 bridgehead atoms. The van der Waals surface area contributed by atoms with Gasteiger partial charge in [0.25, 0.3) is 0 Å². The van der Waals surface area contributed by atoms with Gasteiger partial charge in [0.05, 0.1) is 17.9 Å². The summed E-state index contributed by atoms with van der Waals surface area (Å²) < 4.78 is 6.85. The number of nitrogens with one attached hydrogen (secondary N) is 1. The van der Waals surface area contributed by atoms with Gasteiger partial charge in [-0.2, -0.15) is 0 Å². The first kappa shape index (κ1) is 24.3. The summed E-state index contributed by atoms with van der Waals surface area (Å²) >= 11 is 1.31. The van der Waals surface area contributed by atoms with Crippen LogP contribution in [0.25, 0.3) is 11.4 Å². The van der Waals surface area contributed by atoms with Crippen molar-refractivity contribution in [2.24, 2.45) is 7.05 Å². The van der Waals surface area contributed by atoms with Crippen LogP contribution in [0, 0.1) is 0 Å². The highest BCUT2D eigenvalue weighted by Crippen LogP contribution is 2.25. The predicted molar refractivity (Wildman–Crippen MR) is 132 cm³/mol. The quantitative estimate of drug-likeness (QED) is 0.352.